The zero-order valence-corrected chi connectivity index (χ0v) is 10.6. The summed E-state index contributed by atoms with van der Waals surface area (Å²) in [5.74, 6) is -1.18. The minimum absolute atomic E-state index is 0.0564. The molecule has 1 amide bonds. The van der Waals surface area contributed by atoms with Crippen molar-refractivity contribution in [2.75, 3.05) is 0 Å². The molecule has 0 atom stereocenters. The van der Waals surface area contributed by atoms with E-state index in [0.29, 0.717) is 11.0 Å². The second-order valence-corrected chi connectivity index (χ2v) is 4.48. The highest BCUT2D eigenvalue weighted by molar-refractivity contribution is 5.92. The number of nitrogens with zero attached hydrogens (tertiary/aromatic N) is 3. The largest absolute Gasteiger partial charge is 0.478 e. The smallest absolute Gasteiger partial charge is 0.335 e. The molecule has 0 aliphatic carbocycles. The molecule has 0 radical (unpaired) electrons. The first-order valence-corrected chi connectivity index (χ1v) is 5.83. The van der Waals surface area contributed by atoms with Gasteiger partial charge in [0.25, 0.3) is 0 Å². The molecule has 0 fully saturated rings. The number of aromatic nitrogens is 3. The fraction of sp³-hybridized carbons (Fsp3) is 0.333. The van der Waals surface area contributed by atoms with Crippen LogP contribution in [0.2, 0.25) is 0 Å². The lowest BCUT2D eigenvalue weighted by Gasteiger charge is -2.08. The number of aromatic carboxylic acids is 1. The molecule has 2 rings (SSSR count). The van der Waals surface area contributed by atoms with Crippen LogP contribution in [0.1, 0.15) is 24.2 Å². The Hall–Kier alpha value is -2.44. The predicted molar refractivity (Wildman–Crippen MR) is 67.8 cm³/mol. The molecule has 0 aliphatic heterocycles. The number of carbonyl (C=O) groups is 2. The molecular weight excluding hydrogens is 248 g/mol. The Kier molecular flexibility index (Phi) is 3.46. The maximum Gasteiger partial charge on any atom is 0.335 e. The number of hydrogen-bond acceptors (Lipinski definition) is 4. The lowest BCUT2D eigenvalue weighted by molar-refractivity contribution is -0.122. The van der Waals surface area contributed by atoms with Crippen molar-refractivity contribution in [1.82, 2.24) is 20.3 Å². The van der Waals surface area contributed by atoms with Crippen LogP contribution >= 0.6 is 0 Å². The van der Waals surface area contributed by atoms with E-state index in [1.807, 2.05) is 13.8 Å². The van der Waals surface area contributed by atoms with Crippen LogP contribution in [0.3, 0.4) is 0 Å². The molecule has 2 N–H and O–H groups in total. The Morgan fingerprint density at radius 1 is 1.42 bits per heavy atom. The van der Waals surface area contributed by atoms with Crippen molar-refractivity contribution in [2.24, 2.45) is 0 Å². The molecule has 1 heterocycles. The summed E-state index contributed by atoms with van der Waals surface area (Å²) in [6.07, 6.45) is 0. The molecule has 7 nitrogen and oxygen atoms in total. The van der Waals surface area contributed by atoms with E-state index in [1.54, 1.807) is 6.07 Å². The third-order valence-corrected chi connectivity index (χ3v) is 2.50. The maximum atomic E-state index is 11.6. The van der Waals surface area contributed by atoms with Crippen molar-refractivity contribution in [3.8, 4) is 0 Å². The molecule has 7 heteroatoms. The summed E-state index contributed by atoms with van der Waals surface area (Å²) in [5, 5.41) is 19.3. The Bertz CT molecular complexity index is 633. The van der Waals surface area contributed by atoms with Crippen molar-refractivity contribution in [3.05, 3.63) is 23.8 Å². The number of amides is 1. The average molecular weight is 262 g/mol. The summed E-state index contributed by atoms with van der Waals surface area (Å²) in [6, 6.07) is 4.55. The third kappa shape index (κ3) is 2.87. The first-order chi connectivity index (χ1) is 8.97. The van der Waals surface area contributed by atoms with E-state index in [0.717, 1.165) is 0 Å². The number of carboxylic acids is 1. The first-order valence-electron chi connectivity index (χ1n) is 5.83. The van der Waals surface area contributed by atoms with Crippen LogP contribution in [0.15, 0.2) is 18.2 Å². The Balaban J connectivity index is 2.26. The fourth-order valence-corrected chi connectivity index (χ4v) is 1.73. The third-order valence-electron chi connectivity index (χ3n) is 2.50. The number of carboxylic acid groups (broad SMARTS) is 1. The molecule has 1 aromatic carbocycles. The second-order valence-electron chi connectivity index (χ2n) is 4.48. The number of hydrogen-bond donors (Lipinski definition) is 2. The molecule has 0 bridgehead atoms. The summed E-state index contributed by atoms with van der Waals surface area (Å²) in [6.45, 7) is 3.80. The quantitative estimate of drug-likeness (QED) is 0.843. The predicted octanol–water partition coefficient (Wildman–Crippen LogP) is 0.654. The van der Waals surface area contributed by atoms with Gasteiger partial charge in [-0.05, 0) is 32.0 Å². The van der Waals surface area contributed by atoms with E-state index < -0.39 is 5.97 Å². The van der Waals surface area contributed by atoms with Crippen LogP contribution in [0.25, 0.3) is 11.0 Å². The second kappa shape index (κ2) is 5.05. The summed E-state index contributed by atoms with van der Waals surface area (Å²) in [4.78, 5) is 22.5. The molecule has 0 saturated heterocycles. The van der Waals surface area contributed by atoms with Crippen LogP contribution in [0.5, 0.6) is 0 Å². The van der Waals surface area contributed by atoms with E-state index >= 15 is 0 Å². The minimum Gasteiger partial charge on any atom is -0.478 e. The van der Waals surface area contributed by atoms with E-state index in [9.17, 15) is 9.59 Å². The molecule has 19 heavy (non-hydrogen) atoms. The number of rotatable bonds is 4. The zero-order chi connectivity index (χ0) is 14.0. The highest BCUT2D eigenvalue weighted by atomic mass is 16.4. The molecule has 0 spiro atoms. The number of carbonyl (C=O) groups excluding carboxylic acids is 1. The SMILES string of the molecule is CC(C)NC(=O)Cn1nnc2cc(C(=O)O)ccc21. The molecule has 0 aliphatic rings. The van der Waals surface area contributed by atoms with E-state index in [4.69, 9.17) is 5.11 Å². The molecule has 100 valence electrons. The van der Waals surface area contributed by atoms with E-state index in [2.05, 4.69) is 15.6 Å². The fourth-order valence-electron chi connectivity index (χ4n) is 1.73. The topological polar surface area (TPSA) is 97.1 Å². The lowest BCUT2D eigenvalue weighted by Crippen LogP contribution is -2.33. The van der Waals surface area contributed by atoms with Gasteiger partial charge in [0.2, 0.25) is 5.91 Å². The van der Waals surface area contributed by atoms with Gasteiger partial charge >= 0.3 is 5.97 Å². The van der Waals surface area contributed by atoms with Crippen molar-refractivity contribution >= 4 is 22.9 Å². The van der Waals surface area contributed by atoms with Crippen LogP contribution in [-0.4, -0.2) is 38.0 Å². The van der Waals surface area contributed by atoms with Crippen LogP contribution in [0.4, 0.5) is 0 Å². The van der Waals surface area contributed by atoms with Gasteiger partial charge in [-0.15, -0.1) is 5.10 Å². The summed E-state index contributed by atoms with van der Waals surface area (Å²) < 4.78 is 1.44. The van der Waals surface area contributed by atoms with Gasteiger partial charge in [0, 0.05) is 6.04 Å². The number of benzene rings is 1. The Labute approximate surface area is 109 Å². The van der Waals surface area contributed by atoms with Crippen molar-refractivity contribution in [2.45, 2.75) is 26.4 Å². The number of nitrogens with one attached hydrogen (secondary N) is 1. The standard InChI is InChI=1S/C12H14N4O3/c1-7(2)13-11(17)6-16-10-4-3-8(12(18)19)5-9(10)14-15-16/h3-5,7H,6H2,1-2H3,(H,13,17)(H,18,19). The number of fused-ring (bicyclic) bond motifs is 1. The van der Waals surface area contributed by atoms with Gasteiger partial charge in [0.1, 0.15) is 12.1 Å². The van der Waals surface area contributed by atoms with Crippen molar-refractivity contribution in [1.29, 1.82) is 0 Å². The molecule has 2 aromatic rings. The van der Waals surface area contributed by atoms with Crippen molar-refractivity contribution in [3.63, 3.8) is 0 Å². The normalized spacial score (nSPS) is 10.9. The maximum absolute atomic E-state index is 11.6. The van der Waals surface area contributed by atoms with E-state index in [-0.39, 0.29) is 24.1 Å². The monoisotopic (exact) mass is 262 g/mol. The Morgan fingerprint density at radius 3 is 2.79 bits per heavy atom. The van der Waals surface area contributed by atoms with Gasteiger partial charge in [-0.3, -0.25) is 4.79 Å². The average Bonchev–Trinajstić information content (AvgIpc) is 2.70. The highest BCUT2D eigenvalue weighted by Crippen LogP contribution is 2.13. The molecule has 0 saturated carbocycles. The van der Waals surface area contributed by atoms with Gasteiger partial charge in [-0.1, -0.05) is 5.21 Å². The van der Waals surface area contributed by atoms with Crippen molar-refractivity contribution < 1.29 is 14.7 Å². The van der Waals surface area contributed by atoms with Crippen LogP contribution < -0.4 is 5.32 Å². The summed E-state index contributed by atoms with van der Waals surface area (Å²) >= 11 is 0. The summed E-state index contributed by atoms with van der Waals surface area (Å²) in [5.41, 5.74) is 1.23. The molecule has 1 aromatic heterocycles. The molecule has 0 unspecified atom stereocenters. The van der Waals surface area contributed by atoms with Gasteiger partial charge in [0.05, 0.1) is 11.1 Å². The van der Waals surface area contributed by atoms with Crippen LogP contribution in [-0.2, 0) is 11.3 Å². The lowest BCUT2D eigenvalue weighted by atomic mass is 10.2. The summed E-state index contributed by atoms with van der Waals surface area (Å²) in [7, 11) is 0. The van der Waals surface area contributed by atoms with Gasteiger partial charge in [-0.25, -0.2) is 9.48 Å². The minimum atomic E-state index is -1.02. The van der Waals surface area contributed by atoms with Crippen LogP contribution in [0, 0.1) is 0 Å². The Morgan fingerprint density at radius 2 is 2.16 bits per heavy atom. The first kappa shape index (κ1) is 13.0. The molecular formula is C12H14N4O3. The van der Waals surface area contributed by atoms with Gasteiger partial charge < -0.3 is 10.4 Å². The zero-order valence-electron chi connectivity index (χ0n) is 10.6. The van der Waals surface area contributed by atoms with Gasteiger partial charge in [0.15, 0.2) is 0 Å². The highest BCUT2D eigenvalue weighted by Gasteiger charge is 2.11. The van der Waals surface area contributed by atoms with E-state index in [1.165, 1.54) is 16.8 Å². The van der Waals surface area contributed by atoms with Gasteiger partial charge in [-0.2, -0.15) is 0 Å².